The van der Waals surface area contributed by atoms with Gasteiger partial charge in [0.25, 0.3) is 0 Å². The van der Waals surface area contributed by atoms with Crippen LogP contribution in [0.2, 0.25) is 0 Å². The number of hydrogen-bond donors (Lipinski definition) is 2. The molecular weight excluding hydrogens is 421 g/mol. The molecule has 0 bridgehead atoms. The van der Waals surface area contributed by atoms with E-state index in [1.807, 2.05) is 48.5 Å². The summed E-state index contributed by atoms with van der Waals surface area (Å²) in [7, 11) is 1.64. The molecule has 1 fully saturated rings. The molecule has 33 heavy (non-hydrogen) atoms. The van der Waals surface area contributed by atoms with E-state index >= 15 is 0 Å². The van der Waals surface area contributed by atoms with E-state index in [4.69, 9.17) is 4.74 Å². The van der Waals surface area contributed by atoms with Gasteiger partial charge in [-0.1, -0.05) is 30.3 Å². The number of anilines is 2. The topological polar surface area (TPSA) is 65.0 Å². The minimum Gasteiger partial charge on any atom is -0.497 e. The van der Waals surface area contributed by atoms with Crippen LogP contribution in [0.1, 0.15) is 17.0 Å². The van der Waals surface area contributed by atoms with Gasteiger partial charge < -0.3 is 15.2 Å². The number of amides is 2. The first-order valence-corrected chi connectivity index (χ1v) is 11.0. The number of carbonyl (C=O) groups excluding carboxylic acids is 1. The quantitative estimate of drug-likeness (QED) is 0.615. The van der Waals surface area contributed by atoms with Gasteiger partial charge in [-0.15, -0.1) is 0 Å². The molecule has 7 heteroatoms. The number of ether oxygens (including phenoxy) is 1. The Labute approximate surface area is 192 Å². The number of urea groups is 1. The number of halogens is 1. The Morgan fingerprint density at radius 2 is 1.82 bits per heavy atom. The van der Waals surface area contributed by atoms with Crippen LogP contribution >= 0.6 is 0 Å². The van der Waals surface area contributed by atoms with Crippen LogP contribution < -0.4 is 15.0 Å². The van der Waals surface area contributed by atoms with Crippen LogP contribution in [0.5, 0.6) is 5.75 Å². The molecule has 0 saturated carbocycles. The monoisotopic (exact) mass is 447 g/mol. The molecule has 2 heterocycles. The molecule has 5 rings (SSSR count). The van der Waals surface area contributed by atoms with Gasteiger partial charge in [-0.3, -0.25) is 9.80 Å². The van der Waals surface area contributed by atoms with Crippen LogP contribution in [0.4, 0.5) is 20.6 Å². The average Bonchev–Trinajstić information content (AvgIpc) is 2.84. The Bertz CT molecular complexity index is 1140. The summed E-state index contributed by atoms with van der Waals surface area (Å²) in [4.78, 5) is 17.2. The van der Waals surface area contributed by atoms with Gasteiger partial charge in [0.05, 0.1) is 13.7 Å². The minimum atomic E-state index is -0.349. The Morgan fingerprint density at radius 3 is 2.52 bits per heavy atom. The van der Waals surface area contributed by atoms with Crippen LogP contribution in [-0.4, -0.2) is 48.4 Å². The molecule has 170 valence electrons. The van der Waals surface area contributed by atoms with Gasteiger partial charge in [0.2, 0.25) is 0 Å². The van der Waals surface area contributed by atoms with Crippen molar-refractivity contribution in [2.45, 2.75) is 24.5 Å². The summed E-state index contributed by atoms with van der Waals surface area (Å²) in [6.07, 6.45) is 0. The first-order chi connectivity index (χ1) is 16.1. The number of hydrogen-bond acceptors (Lipinski definition) is 4. The number of benzene rings is 3. The van der Waals surface area contributed by atoms with Gasteiger partial charge >= 0.3 is 6.03 Å². The Hall–Kier alpha value is -3.42. The van der Waals surface area contributed by atoms with Crippen molar-refractivity contribution in [1.29, 1.82) is 0 Å². The van der Waals surface area contributed by atoms with Crippen LogP contribution in [-0.2, 0) is 6.54 Å². The number of nitrogens with zero attached hydrogens (tertiary/aromatic N) is 2. The van der Waals surface area contributed by atoms with E-state index < -0.39 is 0 Å². The van der Waals surface area contributed by atoms with Crippen LogP contribution in [0.3, 0.4) is 0 Å². The largest absolute Gasteiger partial charge is 0.497 e. The van der Waals surface area contributed by atoms with E-state index in [9.17, 15) is 14.3 Å². The first kappa shape index (κ1) is 21.4. The maximum Gasteiger partial charge on any atom is 0.326 e. The second kappa shape index (κ2) is 8.84. The fourth-order valence-corrected chi connectivity index (χ4v) is 5.06. The predicted molar refractivity (Wildman–Crippen MR) is 125 cm³/mol. The highest BCUT2D eigenvalue weighted by Crippen LogP contribution is 2.48. The van der Waals surface area contributed by atoms with Crippen molar-refractivity contribution in [2.24, 2.45) is 0 Å². The number of nitrogens with one attached hydrogen (secondary N) is 1. The van der Waals surface area contributed by atoms with E-state index in [2.05, 4.69) is 10.2 Å². The summed E-state index contributed by atoms with van der Waals surface area (Å²) in [5.74, 6) is 0.603. The summed E-state index contributed by atoms with van der Waals surface area (Å²) in [6, 6.07) is 21.3. The number of aliphatic hydroxyl groups is 1. The number of rotatable bonds is 5. The van der Waals surface area contributed by atoms with Crippen LogP contribution in [0, 0.1) is 5.82 Å². The fraction of sp³-hybridized carbons (Fsp3) is 0.269. The molecule has 0 unspecified atom stereocenters. The van der Waals surface area contributed by atoms with Crippen molar-refractivity contribution in [3.05, 3.63) is 89.7 Å². The maximum atomic E-state index is 13.3. The number of carbonyl (C=O) groups is 1. The van der Waals surface area contributed by atoms with Gasteiger partial charge in [-0.05, 0) is 53.6 Å². The molecule has 0 aromatic heterocycles. The van der Waals surface area contributed by atoms with Crippen molar-refractivity contribution in [3.8, 4) is 5.75 Å². The van der Waals surface area contributed by atoms with Crippen LogP contribution in [0.15, 0.2) is 72.8 Å². The molecule has 3 aromatic carbocycles. The van der Waals surface area contributed by atoms with Crippen molar-refractivity contribution in [1.82, 2.24) is 4.90 Å². The van der Waals surface area contributed by atoms with Gasteiger partial charge in [0.1, 0.15) is 11.6 Å². The number of likely N-dealkylation sites (tertiary alicyclic amines) is 1. The fourth-order valence-electron chi connectivity index (χ4n) is 5.06. The van der Waals surface area contributed by atoms with E-state index in [-0.39, 0.29) is 36.5 Å². The highest BCUT2D eigenvalue weighted by atomic mass is 19.1. The van der Waals surface area contributed by atoms with Crippen molar-refractivity contribution in [2.75, 3.05) is 30.5 Å². The van der Waals surface area contributed by atoms with Gasteiger partial charge in [-0.2, -0.15) is 0 Å². The predicted octanol–water partition coefficient (Wildman–Crippen LogP) is 4.22. The number of para-hydroxylation sites is 1. The zero-order valence-electron chi connectivity index (χ0n) is 18.3. The lowest BCUT2D eigenvalue weighted by molar-refractivity contribution is -0.0484. The average molecular weight is 448 g/mol. The molecule has 2 aliphatic rings. The molecule has 6 nitrogen and oxygen atoms in total. The highest BCUT2D eigenvalue weighted by molar-refractivity contribution is 6.02. The summed E-state index contributed by atoms with van der Waals surface area (Å²) < 4.78 is 18.5. The second-order valence-electron chi connectivity index (χ2n) is 8.47. The summed E-state index contributed by atoms with van der Waals surface area (Å²) in [6.45, 7) is 1.22. The SMILES string of the molecule is COc1ccc(CN2[C@H](CO)[C@H]3c4ccccc4N(C(=O)Nc4ccc(F)cc4)C[C@H]32)cc1. The Balaban J connectivity index is 1.41. The highest BCUT2D eigenvalue weighted by Gasteiger charge is 2.53. The third-order valence-corrected chi connectivity index (χ3v) is 6.69. The standard InChI is InChI=1S/C26H26FN3O3/c1-33-20-12-6-17(7-13-20)14-29-23-15-30(26(32)28-19-10-8-18(27)9-11-19)22-5-3-2-4-21(22)25(23)24(29)16-31/h2-13,23-25,31H,14-16H2,1H3,(H,28,32)/t23-,24-,25+/m1/s1. The lowest BCUT2D eigenvalue weighted by Crippen LogP contribution is -2.69. The van der Waals surface area contributed by atoms with Gasteiger partial charge in [-0.25, -0.2) is 9.18 Å². The molecule has 0 radical (unpaired) electrons. The van der Waals surface area contributed by atoms with Crippen molar-refractivity contribution in [3.63, 3.8) is 0 Å². The molecule has 2 amide bonds. The van der Waals surface area contributed by atoms with Crippen molar-refractivity contribution >= 4 is 17.4 Å². The third kappa shape index (κ3) is 3.94. The number of aliphatic hydroxyl groups excluding tert-OH is 1. The molecule has 3 atom stereocenters. The summed E-state index contributed by atoms with van der Waals surface area (Å²) >= 11 is 0. The van der Waals surface area contributed by atoms with Crippen LogP contribution in [0.25, 0.3) is 0 Å². The van der Waals surface area contributed by atoms with E-state index in [0.29, 0.717) is 18.8 Å². The zero-order valence-corrected chi connectivity index (χ0v) is 18.3. The summed E-state index contributed by atoms with van der Waals surface area (Å²) in [5.41, 5.74) is 3.57. The van der Waals surface area contributed by atoms with Crippen molar-refractivity contribution < 1.29 is 19.0 Å². The zero-order chi connectivity index (χ0) is 22.9. The lowest BCUT2D eigenvalue weighted by Gasteiger charge is -2.59. The van der Waals surface area contributed by atoms with Gasteiger partial charge in [0, 0.05) is 42.5 Å². The van der Waals surface area contributed by atoms with E-state index in [1.54, 1.807) is 24.1 Å². The molecule has 1 saturated heterocycles. The molecule has 2 N–H and O–H groups in total. The molecule has 3 aromatic rings. The Morgan fingerprint density at radius 1 is 1.09 bits per heavy atom. The first-order valence-electron chi connectivity index (χ1n) is 11.0. The Kier molecular flexibility index (Phi) is 5.74. The summed E-state index contributed by atoms with van der Waals surface area (Å²) in [5, 5.41) is 13.1. The lowest BCUT2D eigenvalue weighted by atomic mass is 9.72. The third-order valence-electron chi connectivity index (χ3n) is 6.69. The smallest absolute Gasteiger partial charge is 0.326 e. The molecular formula is C26H26FN3O3. The molecule has 2 aliphatic heterocycles. The molecule has 0 aliphatic carbocycles. The van der Waals surface area contributed by atoms with E-state index in [1.165, 1.54) is 12.1 Å². The number of fused-ring (bicyclic) bond motifs is 3. The van der Waals surface area contributed by atoms with E-state index in [0.717, 1.165) is 22.6 Å². The minimum absolute atomic E-state index is 0.0134. The molecule has 0 spiro atoms. The second-order valence-corrected chi connectivity index (χ2v) is 8.47. The number of methoxy groups -OCH3 is 1. The maximum absolute atomic E-state index is 13.3. The normalized spacial score (nSPS) is 21.5. The van der Waals surface area contributed by atoms with Gasteiger partial charge in [0.15, 0.2) is 0 Å².